The zero-order chi connectivity index (χ0) is 22.5. The zero-order valence-electron chi connectivity index (χ0n) is 20.2. The number of hydrogen-bond acceptors (Lipinski definition) is 5. The summed E-state index contributed by atoms with van der Waals surface area (Å²) < 4.78 is 11.7. The maximum atomic E-state index is 12.9. The van der Waals surface area contributed by atoms with E-state index >= 15 is 0 Å². The van der Waals surface area contributed by atoms with Gasteiger partial charge in [-0.2, -0.15) is 0 Å². The Bertz CT molecular complexity index is 594. The second kappa shape index (κ2) is 10.2. The SMILES string of the molecule is CCNC(=NCC1CCN(C)CC1)NCC1C(C)OC(C)(C)N1C(=O)OC(C)(C)C. The average molecular weight is 426 g/mol. The van der Waals surface area contributed by atoms with Crippen LogP contribution in [0.3, 0.4) is 0 Å². The van der Waals surface area contributed by atoms with E-state index in [1.807, 2.05) is 41.5 Å². The number of guanidine groups is 1. The van der Waals surface area contributed by atoms with Crippen molar-refractivity contribution in [3.05, 3.63) is 0 Å². The smallest absolute Gasteiger partial charge is 0.412 e. The van der Waals surface area contributed by atoms with Gasteiger partial charge in [-0.1, -0.05) is 0 Å². The fourth-order valence-corrected chi connectivity index (χ4v) is 4.13. The molecule has 174 valence electrons. The monoisotopic (exact) mass is 425 g/mol. The van der Waals surface area contributed by atoms with E-state index in [1.54, 1.807) is 4.90 Å². The molecule has 2 heterocycles. The third kappa shape index (κ3) is 7.01. The van der Waals surface area contributed by atoms with Crippen LogP contribution in [-0.4, -0.2) is 85.1 Å². The predicted octanol–water partition coefficient (Wildman–Crippen LogP) is 2.64. The van der Waals surface area contributed by atoms with Crippen molar-refractivity contribution in [3.8, 4) is 0 Å². The van der Waals surface area contributed by atoms with Crippen LogP contribution in [0, 0.1) is 5.92 Å². The predicted molar refractivity (Wildman–Crippen MR) is 121 cm³/mol. The van der Waals surface area contributed by atoms with Crippen LogP contribution in [0.1, 0.15) is 61.3 Å². The molecule has 2 fully saturated rings. The van der Waals surface area contributed by atoms with Gasteiger partial charge in [-0.15, -0.1) is 0 Å². The third-order valence-corrected chi connectivity index (χ3v) is 5.69. The summed E-state index contributed by atoms with van der Waals surface area (Å²) in [5, 5.41) is 6.75. The summed E-state index contributed by atoms with van der Waals surface area (Å²) in [6.07, 6.45) is 1.91. The van der Waals surface area contributed by atoms with Crippen molar-refractivity contribution in [3.63, 3.8) is 0 Å². The zero-order valence-corrected chi connectivity index (χ0v) is 20.2. The number of nitrogens with zero attached hydrogens (tertiary/aromatic N) is 3. The van der Waals surface area contributed by atoms with Crippen molar-refractivity contribution in [2.45, 2.75) is 84.8 Å². The van der Waals surface area contributed by atoms with E-state index < -0.39 is 11.3 Å². The minimum Gasteiger partial charge on any atom is -0.444 e. The number of piperidine rings is 1. The summed E-state index contributed by atoms with van der Waals surface area (Å²) in [5.74, 6) is 1.42. The Morgan fingerprint density at radius 1 is 1.23 bits per heavy atom. The molecule has 2 aliphatic heterocycles. The first-order chi connectivity index (χ1) is 13.9. The lowest BCUT2D eigenvalue weighted by Crippen LogP contribution is -2.54. The summed E-state index contributed by atoms with van der Waals surface area (Å²) in [4.78, 5) is 21.8. The van der Waals surface area contributed by atoms with Gasteiger partial charge >= 0.3 is 6.09 Å². The molecule has 2 atom stereocenters. The first-order valence-corrected chi connectivity index (χ1v) is 11.3. The molecule has 1 amide bonds. The molecule has 0 saturated carbocycles. The molecule has 0 bridgehead atoms. The lowest BCUT2D eigenvalue weighted by molar-refractivity contribution is -0.0755. The van der Waals surface area contributed by atoms with Crippen molar-refractivity contribution < 1.29 is 14.3 Å². The van der Waals surface area contributed by atoms with Gasteiger partial charge in [-0.05, 0) is 87.4 Å². The number of nitrogens with one attached hydrogen (secondary N) is 2. The Kier molecular flexibility index (Phi) is 8.39. The first kappa shape index (κ1) is 24.7. The Morgan fingerprint density at radius 2 is 1.87 bits per heavy atom. The van der Waals surface area contributed by atoms with E-state index in [4.69, 9.17) is 14.5 Å². The molecule has 2 saturated heterocycles. The Labute approximate surface area is 182 Å². The van der Waals surface area contributed by atoms with Crippen LogP contribution in [0.2, 0.25) is 0 Å². The quantitative estimate of drug-likeness (QED) is 0.521. The highest BCUT2D eigenvalue weighted by atomic mass is 16.6. The number of likely N-dealkylation sites (tertiary alicyclic amines) is 1. The molecule has 0 aromatic heterocycles. The lowest BCUT2D eigenvalue weighted by Gasteiger charge is -2.35. The number of hydrogen-bond donors (Lipinski definition) is 2. The van der Waals surface area contributed by atoms with Gasteiger partial charge < -0.3 is 25.0 Å². The van der Waals surface area contributed by atoms with Gasteiger partial charge in [0.2, 0.25) is 0 Å². The molecule has 30 heavy (non-hydrogen) atoms. The van der Waals surface area contributed by atoms with Gasteiger partial charge in [0.05, 0.1) is 12.1 Å². The Morgan fingerprint density at radius 3 is 2.43 bits per heavy atom. The number of carbonyl (C=O) groups excluding carboxylic acids is 1. The molecule has 0 spiro atoms. The first-order valence-electron chi connectivity index (χ1n) is 11.3. The Balaban J connectivity index is 2.02. The molecule has 2 N–H and O–H groups in total. The highest BCUT2D eigenvalue weighted by Gasteiger charge is 2.49. The lowest BCUT2D eigenvalue weighted by atomic mass is 9.97. The number of rotatable bonds is 5. The maximum absolute atomic E-state index is 12.9. The van der Waals surface area contributed by atoms with E-state index in [2.05, 4.69) is 29.5 Å². The van der Waals surface area contributed by atoms with Crippen LogP contribution in [0.25, 0.3) is 0 Å². The van der Waals surface area contributed by atoms with Gasteiger partial charge in [-0.3, -0.25) is 9.89 Å². The van der Waals surface area contributed by atoms with Gasteiger partial charge in [0.1, 0.15) is 11.3 Å². The minimum atomic E-state index is -0.724. The third-order valence-electron chi connectivity index (χ3n) is 5.69. The van der Waals surface area contributed by atoms with Gasteiger partial charge in [0, 0.05) is 19.6 Å². The summed E-state index contributed by atoms with van der Waals surface area (Å²) in [5.41, 5.74) is -1.28. The molecular weight excluding hydrogens is 382 g/mol. The van der Waals surface area contributed by atoms with Crippen LogP contribution in [0.4, 0.5) is 4.79 Å². The molecular formula is C22H43N5O3. The molecule has 0 radical (unpaired) electrons. The molecule has 8 nitrogen and oxygen atoms in total. The van der Waals surface area contributed by atoms with Crippen molar-refractivity contribution in [1.82, 2.24) is 20.4 Å². The van der Waals surface area contributed by atoms with Crippen LogP contribution in [0.5, 0.6) is 0 Å². The van der Waals surface area contributed by atoms with E-state index in [1.165, 1.54) is 12.8 Å². The molecule has 0 aliphatic carbocycles. The molecule has 2 unspecified atom stereocenters. The second-order valence-corrected chi connectivity index (χ2v) is 10.0. The number of carbonyl (C=O) groups is 1. The molecule has 0 aromatic carbocycles. The largest absolute Gasteiger partial charge is 0.444 e. The van der Waals surface area contributed by atoms with Crippen molar-refractivity contribution in [2.75, 3.05) is 39.8 Å². The topological polar surface area (TPSA) is 78.4 Å². The Hall–Kier alpha value is -1.54. The molecule has 2 aliphatic rings. The van der Waals surface area contributed by atoms with E-state index in [0.29, 0.717) is 12.5 Å². The van der Waals surface area contributed by atoms with Crippen molar-refractivity contribution in [2.24, 2.45) is 10.9 Å². The number of ether oxygens (including phenoxy) is 2. The highest BCUT2D eigenvalue weighted by molar-refractivity contribution is 5.80. The van der Waals surface area contributed by atoms with Crippen molar-refractivity contribution >= 4 is 12.1 Å². The standard InChI is InChI=1S/C22H43N5O3/c1-9-23-19(24-14-17-10-12-26(8)13-11-17)25-15-18-16(2)29-22(6,7)27(18)20(28)30-21(3,4)5/h16-18H,9-15H2,1-8H3,(H2,23,24,25). The maximum Gasteiger partial charge on any atom is 0.412 e. The van der Waals surface area contributed by atoms with Gasteiger partial charge in [0.25, 0.3) is 0 Å². The minimum absolute atomic E-state index is 0.114. The van der Waals surface area contributed by atoms with Crippen LogP contribution in [-0.2, 0) is 9.47 Å². The molecule has 2 rings (SSSR count). The summed E-state index contributed by atoms with van der Waals surface area (Å²) >= 11 is 0. The van der Waals surface area contributed by atoms with E-state index in [9.17, 15) is 4.79 Å². The fraction of sp³-hybridized carbons (Fsp3) is 0.909. The fourth-order valence-electron chi connectivity index (χ4n) is 4.13. The normalized spacial score (nSPS) is 26.0. The summed E-state index contributed by atoms with van der Waals surface area (Å²) in [6.45, 7) is 18.0. The average Bonchev–Trinajstić information content (AvgIpc) is 2.85. The molecule has 0 aromatic rings. The van der Waals surface area contributed by atoms with Gasteiger partial charge in [-0.25, -0.2) is 4.79 Å². The van der Waals surface area contributed by atoms with E-state index in [0.717, 1.165) is 32.1 Å². The number of aliphatic imine (C=N–C) groups is 1. The molecule has 8 heteroatoms. The summed E-state index contributed by atoms with van der Waals surface area (Å²) in [6, 6.07) is -0.151. The van der Waals surface area contributed by atoms with Gasteiger partial charge in [0.15, 0.2) is 5.96 Å². The highest BCUT2D eigenvalue weighted by Crippen LogP contribution is 2.33. The van der Waals surface area contributed by atoms with E-state index in [-0.39, 0.29) is 18.2 Å². The van der Waals surface area contributed by atoms with Crippen LogP contribution >= 0.6 is 0 Å². The van der Waals surface area contributed by atoms with Crippen molar-refractivity contribution in [1.29, 1.82) is 0 Å². The van der Waals surface area contributed by atoms with Crippen LogP contribution < -0.4 is 10.6 Å². The number of amides is 1. The summed E-state index contributed by atoms with van der Waals surface area (Å²) in [7, 11) is 2.17. The second-order valence-electron chi connectivity index (χ2n) is 10.0. The van der Waals surface area contributed by atoms with Crippen LogP contribution in [0.15, 0.2) is 4.99 Å².